The van der Waals surface area contributed by atoms with E-state index in [9.17, 15) is 0 Å². The molecule has 0 bridgehead atoms. The predicted molar refractivity (Wildman–Crippen MR) is 117 cm³/mol. The second-order valence-corrected chi connectivity index (χ2v) is 8.84. The number of ether oxygens (including phenoxy) is 1. The Bertz CT molecular complexity index is 661. The first-order valence-corrected chi connectivity index (χ1v) is 11.7. The molecule has 4 rings (SSSR count). The highest BCUT2D eigenvalue weighted by molar-refractivity contribution is 5.80. The molecule has 2 heterocycles. The van der Waals surface area contributed by atoms with Crippen molar-refractivity contribution in [2.24, 2.45) is 10.9 Å². The van der Waals surface area contributed by atoms with Gasteiger partial charge in [0.25, 0.3) is 0 Å². The highest BCUT2D eigenvalue weighted by atomic mass is 16.5. The summed E-state index contributed by atoms with van der Waals surface area (Å²) in [6.07, 6.45) is 12.5. The molecule has 0 amide bonds. The smallest absolute Gasteiger partial charge is 0.213 e. The molecule has 0 radical (unpaired) electrons. The van der Waals surface area contributed by atoms with Crippen LogP contribution in [0.3, 0.4) is 0 Å². The van der Waals surface area contributed by atoms with Crippen molar-refractivity contribution in [1.82, 2.24) is 20.5 Å². The Kier molecular flexibility index (Phi) is 7.25. The molecule has 1 aromatic rings. The lowest BCUT2D eigenvalue weighted by molar-refractivity contribution is 0.150. The summed E-state index contributed by atoms with van der Waals surface area (Å²) in [5.41, 5.74) is 1.14. The minimum Gasteiger partial charge on any atom is -0.477 e. The Labute approximate surface area is 175 Å². The molecule has 6 nitrogen and oxygen atoms in total. The van der Waals surface area contributed by atoms with Gasteiger partial charge in [-0.25, -0.2) is 9.98 Å². The van der Waals surface area contributed by atoms with Crippen molar-refractivity contribution in [3.05, 3.63) is 23.9 Å². The number of nitrogens with one attached hydrogen (secondary N) is 2. The second kappa shape index (κ2) is 10.3. The molecule has 2 saturated carbocycles. The summed E-state index contributed by atoms with van der Waals surface area (Å²) in [6, 6.07) is 5.41. The van der Waals surface area contributed by atoms with Crippen LogP contribution in [0.5, 0.6) is 5.88 Å². The molecule has 2 N–H and O–H groups in total. The molecule has 1 saturated heterocycles. The van der Waals surface area contributed by atoms with Gasteiger partial charge in [0.15, 0.2) is 5.96 Å². The zero-order valence-electron chi connectivity index (χ0n) is 17.9. The van der Waals surface area contributed by atoms with Gasteiger partial charge < -0.3 is 20.3 Å². The van der Waals surface area contributed by atoms with E-state index in [1.54, 1.807) is 0 Å². The lowest BCUT2D eigenvalue weighted by atomic mass is 10.0. The van der Waals surface area contributed by atoms with Crippen molar-refractivity contribution in [3.8, 4) is 5.88 Å². The maximum absolute atomic E-state index is 5.80. The molecule has 160 valence electrons. The lowest BCUT2D eigenvalue weighted by Gasteiger charge is -2.36. The van der Waals surface area contributed by atoms with Gasteiger partial charge in [-0.05, 0) is 63.0 Å². The zero-order valence-corrected chi connectivity index (χ0v) is 17.9. The number of hydrogen-bond donors (Lipinski definition) is 2. The van der Waals surface area contributed by atoms with Crippen molar-refractivity contribution >= 4 is 5.96 Å². The molecule has 1 aromatic heterocycles. The number of aromatic nitrogens is 1. The fourth-order valence-electron chi connectivity index (χ4n) is 4.48. The third-order valence-electron chi connectivity index (χ3n) is 6.44. The highest BCUT2D eigenvalue weighted by Crippen LogP contribution is 2.29. The molecule has 0 atom stereocenters. The standard InChI is InChI=1S/C23H37N5O/c1-2-24-23(27-20-10-13-28(14-11-20)21-5-3-4-6-21)26-16-19-9-12-25-22(15-19)29-17-18-7-8-18/h9,12,15,18,20-21H,2-8,10-11,13-14,16-17H2,1H3,(H2,24,26,27). The van der Waals surface area contributed by atoms with Crippen LogP contribution in [-0.2, 0) is 6.54 Å². The summed E-state index contributed by atoms with van der Waals surface area (Å²) in [5.74, 6) is 2.38. The first-order chi connectivity index (χ1) is 14.3. The minimum atomic E-state index is 0.514. The summed E-state index contributed by atoms with van der Waals surface area (Å²) in [7, 11) is 0. The van der Waals surface area contributed by atoms with Crippen LogP contribution in [0.2, 0.25) is 0 Å². The Morgan fingerprint density at radius 1 is 1.17 bits per heavy atom. The van der Waals surface area contributed by atoms with E-state index in [0.717, 1.165) is 42.5 Å². The van der Waals surface area contributed by atoms with Gasteiger partial charge in [-0.15, -0.1) is 0 Å². The van der Waals surface area contributed by atoms with Crippen molar-refractivity contribution in [1.29, 1.82) is 0 Å². The van der Waals surface area contributed by atoms with E-state index in [1.165, 1.54) is 64.5 Å². The fourth-order valence-corrected chi connectivity index (χ4v) is 4.48. The first-order valence-electron chi connectivity index (χ1n) is 11.7. The molecule has 2 aliphatic carbocycles. The third-order valence-corrected chi connectivity index (χ3v) is 6.44. The number of pyridine rings is 1. The summed E-state index contributed by atoms with van der Waals surface area (Å²) >= 11 is 0. The normalized spacial score (nSPS) is 22.0. The lowest BCUT2D eigenvalue weighted by Crippen LogP contribution is -2.50. The van der Waals surface area contributed by atoms with Crippen molar-refractivity contribution in [2.75, 3.05) is 26.2 Å². The Morgan fingerprint density at radius 2 is 1.97 bits per heavy atom. The number of rotatable bonds is 8. The van der Waals surface area contributed by atoms with Gasteiger partial charge in [0.2, 0.25) is 5.88 Å². The second-order valence-electron chi connectivity index (χ2n) is 8.84. The number of hydrogen-bond acceptors (Lipinski definition) is 4. The first kappa shape index (κ1) is 20.5. The molecular formula is C23H37N5O. The van der Waals surface area contributed by atoms with Crippen LogP contribution in [-0.4, -0.2) is 54.2 Å². The van der Waals surface area contributed by atoms with E-state index in [4.69, 9.17) is 9.73 Å². The van der Waals surface area contributed by atoms with Gasteiger partial charge in [-0.3, -0.25) is 0 Å². The molecule has 6 heteroatoms. The Morgan fingerprint density at radius 3 is 2.69 bits per heavy atom. The minimum absolute atomic E-state index is 0.514. The monoisotopic (exact) mass is 399 g/mol. The number of likely N-dealkylation sites (tertiary alicyclic amines) is 1. The predicted octanol–water partition coefficient (Wildman–Crippen LogP) is 3.33. The molecule has 0 spiro atoms. The molecule has 0 aromatic carbocycles. The summed E-state index contributed by atoms with van der Waals surface area (Å²) in [5, 5.41) is 7.07. The Balaban J connectivity index is 1.27. The van der Waals surface area contributed by atoms with Crippen LogP contribution in [0.15, 0.2) is 23.3 Å². The van der Waals surface area contributed by atoms with E-state index in [-0.39, 0.29) is 0 Å². The average Bonchev–Trinajstić information content (AvgIpc) is 3.42. The van der Waals surface area contributed by atoms with Gasteiger partial charge in [0.1, 0.15) is 0 Å². The van der Waals surface area contributed by atoms with Gasteiger partial charge in [-0.2, -0.15) is 0 Å². The third kappa shape index (κ3) is 6.33. The van der Waals surface area contributed by atoms with Crippen LogP contribution in [0.1, 0.15) is 63.9 Å². The topological polar surface area (TPSA) is 61.8 Å². The fraction of sp³-hybridized carbons (Fsp3) is 0.739. The maximum Gasteiger partial charge on any atom is 0.213 e. The maximum atomic E-state index is 5.80. The van der Waals surface area contributed by atoms with Crippen LogP contribution < -0.4 is 15.4 Å². The highest BCUT2D eigenvalue weighted by Gasteiger charge is 2.27. The van der Waals surface area contributed by atoms with Crippen LogP contribution in [0.25, 0.3) is 0 Å². The SMILES string of the molecule is CCNC(=NCc1ccnc(OCC2CC2)c1)NC1CCN(C2CCCC2)CC1. The van der Waals surface area contributed by atoms with Crippen LogP contribution >= 0.6 is 0 Å². The summed E-state index contributed by atoms with van der Waals surface area (Å²) in [6.45, 7) is 6.86. The van der Waals surface area contributed by atoms with Crippen molar-refractivity contribution < 1.29 is 4.74 Å². The summed E-state index contributed by atoms with van der Waals surface area (Å²) in [4.78, 5) is 11.9. The number of piperidine rings is 1. The van der Waals surface area contributed by atoms with E-state index in [0.29, 0.717) is 12.6 Å². The molecule has 29 heavy (non-hydrogen) atoms. The number of nitrogens with zero attached hydrogens (tertiary/aromatic N) is 3. The molecule has 3 fully saturated rings. The van der Waals surface area contributed by atoms with Crippen LogP contribution in [0.4, 0.5) is 0 Å². The summed E-state index contributed by atoms with van der Waals surface area (Å²) < 4.78 is 5.80. The quantitative estimate of drug-likeness (QED) is 0.519. The molecule has 3 aliphatic rings. The molecule has 1 aliphatic heterocycles. The van der Waals surface area contributed by atoms with Gasteiger partial charge in [-0.1, -0.05) is 12.8 Å². The zero-order chi connectivity index (χ0) is 19.9. The van der Waals surface area contributed by atoms with E-state index in [2.05, 4.69) is 27.4 Å². The number of guanidine groups is 1. The van der Waals surface area contributed by atoms with Gasteiger partial charge >= 0.3 is 0 Å². The van der Waals surface area contributed by atoms with Gasteiger partial charge in [0.05, 0.1) is 13.2 Å². The Hall–Kier alpha value is -1.82. The van der Waals surface area contributed by atoms with E-state index in [1.807, 2.05) is 18.3 Å². The van der Waals surface area contributed by atoms with Crippen LogP contribution in [0, 0.1) is 5.92 Å². The van der Waals surface area contributed by atoms with Crippen molar-refractivity contribution in [3.63, 3.8) is 0 Å². The van der Waals surface area contributed by atoms with E-state index < -0.39 is 0 Å². The molecular weight excluding hydrogens is 362 g/mol. The van der Waals surface area contributed by atoms with E-state index >= 15 is 0 Å². The van der Waals surface area contributed by atoms with Gasteiger partial charge in [0, 0.05) is 44.0 Å². The molecule has 0 unspecified atom stereocenters. The largest absolute Gasteiger partial charge is 0.477 e. The number of aliphatic imine (C=N–C) groups is 1. The average molecular weight is 400 g/mol. The van der Waals surface area contributed by atoms with Crippen molar-refractivity contribution in [2.45, 2.75) is 76.9 Å².